The highest BCUT2D eigenvalue weighted by atomic mass is 127. The molecule has 2 saturated heterocycles. The molecule has 22 heavy (non-hydrogen) atoms. The Morgan fingerprint density at radius 2 is 1.59 bits per heavy atom. The SMILES string of the molecule is O=C(C1CCCCN1C(=O)c1ccc(I)cc1)N1CCCC1. The van der Waals surface area contributed by atoms with E-state index in [0.717, 1.165) is 48.8 Å². The monoisotopic (exact) mass is 412 g/mol. The smallest absolute Gasteiger partial charge is 0.254 e. The fourth-order valence-corrected chi connectivity index (χ4v) is 3.70. The van der Waals surface area contributed by atoms with E-state index in [2.05, 4.69) is 22.6 Å². The lowest BCUT2D eigenvalue weighted by molar-refractivity contribution is -0.136. The number of hydrogen-bond acceptors (Lipinski definition) is 2. The van der Waals surface area contributed by atoms with E-state index in [1.807, 2.05) is 29.2 Å². The largest absolute Gasteiger partial charge is 0.341 e. The molecule has 1 aromatic rings. The molecule has 2 aliphatic rings. The average Bonchev–Trinajstić information content (AvgIpc) is 3.09. The standard InChI is InChI=1S/C17H21IN2O2/c18-14-8-6-13(7-9-14)16(21)20-12-2-1-5-15(20)17(22)19-10-3-4-11-19/h6-9,15H,1-5,10-12H2. The molecule has 1 aromatic carbocycles. The van der Waals surface area contributed by atoms with Gasteiger partial charge in [0.2, 0.25) is 5.91 Å². The van der Waals surface area contributed by atoms with Gasteiger partial charge in [0.05, 0.1) is 0 Å². The Kier molecular flexibility index (Phi) is 5.00. The molecule has 2 heterocycles. The predicted octanol–water partition coefficient (Wildman–Crippen LogP) is 2.91. The van der Waals surface area contributed by atoms with Crippen molar-refractivity contribution in [2.75, 3.05) is 19.6 Å². The number of nitrogens with zero attached hydrogens (tertiary/aromatic N) is 2. The number of amides is 2. The minimum absolute atomic E-state index is 0.00588. The Hall–Kier alpha value is -1.11. The quantitative estimate of drug-likeness (QED) is 0.701. The Morgan fingerprint density at radius 1 is 0.955 bits per heavy atom. The summed E-state index contributed by atoms with van der Waals surface area (Å²) in [6, 6.07) is 7.33. The molecule has 118 valence electrons. The highest BCUT2D eigenvalue weighted by Crippen LogP contribution is 2.23. The van der Waals surface area contributed by atoms with E-state index in [4.69, 9.17) is 0 Å². The van der Waals surface area contributed by atoms with Gasteiger partial charge in [-0.3, -0.25) is 9.59 Å². The van der Waals surface area contributed by atoms with Crippen molar-refractivity contribution in [3.63, 3.8) is 0 Å². The number of carbonyl (C=O) groups excluding carboxylic acids is 2. The van der Waals surface area contributed by atoms with Crippen molar-refractivity contribution < 1.29 is 9.59 Å². The highest BCUT2D eigenvalue weighted by molar-refractivity contribution is 14.1. The third kappa shape index (κ3) is 3.29. The minimum atomic E-state index is -0.265. The van der Waals surface area contributed by atoms with Crippen molar-refractivity contribution in [1.82, 2.24) is 9.80 Å². The first-order valence-corrected chi connectivity index (χ1v) is 9.10. The molecule has 0 saturated carbocycles. The van der Waals surface area contributed by atoms with Crippen molar-refractivity contribution in [2.45, 2.75) is 38.1 Å². The number of likely N-dealkylation sites (tertiary alicyclic amines) is 2. The molecule has 5 heteroatoms. The maximum Gasteiger partial charge on any atom is 0.254 e. The average molecular weight is 412 g/mol. The van der Waals surface area contributed by atoms with E-state index in [1.54, 1.807) is 4.90 Å². The van der Waals surface area contributed by atoms with Gasteiger partial charge in [-0.05, 0) is 79.0 Å². The molecule has 2 fully saturated rings. The highest BCUT2D eigenvalue weighted by Gasteiger charge is 2.35. The zero-order valence-electron chi connectivity index (χ0n) is 12.6. The molecule has 0 N–H and O–H groups in total. The first kappa shape index (κ1) is 15.8. The molecule has 4 nitrogen and oxygen atoms in total. The molecule has 0 aliphatic carbocycles. The lowest BCUT2D eigenvalue weighted by Gasteiger charge is -2.36. The Morgan fingerprint density at radius 3 is 2.27 bits per heavy atom. The summed E-state index contributed by atoms with van der Waals surface area (Å²) in [5, 5.41) is 0. The number of benzene rings is 1. The zero-order valence-corrected chi connectivity index (χ0v) is 14.8. The van der Waals surface area contributed by atoms with Gasteiger partial charge in [-0.2, -0.15) is 0 Å². The fraction of sp³-hybridized carbons (Fsp3) is 0.529. The Bertz CT molecular complexity index is 552. The van der Waals surface area contributed by atoms with Crippen molar-refractivity contribution in [3.8, 4) is 0 Å². The molecule has 1 atom stereocenters. The topological polar surface area (TPSA) is 40.6 Å². The van der Waals surface area contributed by atoms with Crippen LogP contribution in [0.2, 0.25) is 0 Å². The van der Waals surface area contributed by atoms with Crippen LogP contribution < -0.4 is 0 Å². The summed E-state index contributed by atoms with van der Waals surface area (Å²) in [4.78, 5) is 29.3. The van der Waals surface area contributed by atoms with Crippen molar-refractivity contribution in [3.05, 3.63) is 33.4 Å². The van der Waals surface area contributed by atoms with E-state index >= 15 is 0 Å². The molecular formula is C17H21IN2O2. The van der Waals surface area contributed by atoms with Crippen LogP contribution >= 0.6 is 22.6 Å². The molecule has 0 bridgehead atoms. The number of hydrogen-bond donors (Lipinski definition) is 0. The number of piperidine rings is 1. The van der Waals surface area contributed by atoms with Crippen molar-refractivity contribution in [1.29, 1.82) is 0 Å². The van der Waals surface area contributed by atoms with Crippen molar-refractivity contribution in [2.24, 2.45) is 0 Å². The lowest BCUT2D eigenvalue weighted by Crippen LogP contribution is -2.52. The van der Waals surface area contributed by atoms with Crippen LogP contribution in [0.5, 0.6) is 0 Å². The number of halogens is 1. The van der Waals surface area contributed by atoms with Gasteiger partial charge in [0.25, 0.3) is 5.91 Å². The Balaban J connectivity index is 1.78. The molecule has 2 amide bonds. The van der Waals surface area contributed by atoms with Crippen LogP contribution in [0.25, 0.3) is 0 Å². The molecule has 0 aromatic heterocycles. The summed E-state index contributed by atoms with van der Waals surface area (Å²) in [6.45, 7) is 2.39. The minimum Gasteiger partial charge on any atom is -0.341 e. The summed E-state index contributed by atoms with van der Waals surface area (Å²) in [5.74, 6) is 0.143. The molecule has 3 rings (SSSR count). The van der Waals surface area contributed by atoms with E-state index in [9.17, 15) is 9.59 Å². The second-order valence-corrected chi connectivity index (χ2v) is 7.30. The van der Waals surface area contributed by atoms with Gasteiger partial charge in [0.15, 0.2) is 0 Å². The van der Waals surface area contributed by atoms with Gasteiger partial charge in [0.1, 0.15) is 6.04 Å². The maximum atomic E-state index is 12.8. The van der Waals surface area contributed by atoms with Crippen LogP contribution in [0.15, 0.2) is 24.3 Å². The van der Waals surface area contributed by atoms with Crippen LogP contribution in [0.4, 0.5) is 0 Å². The molecule has 2 aliphatic heterocycles. The predicted molar refractivity (Wildman–Crippen MR) is 93.6 cm³/mol. The molecule has 0 radical (unpaired) electrons. The second kappa shape index (κ2) is 6.98. The molecule has 1 unspecified atom stereocenters. The maximum absolute atomic E-state index is 12.8. The lowest BCUT2D eigenvalue weighted by atomic mass is 9.99. The van der Waals surface area contributed by atoms with Crippen LogP contribution in [0.1, 0.15) is 42.5 Å². The third-order valence-electron chi connectivity index (χ3n) is 4.56. The summed E-state index contributed by atoms with van der Waals surface area (Å²) in [5.41, 5.74) is 0.682. The first-order chi connectivity index (χ1) is 10.7. The van der Waals surface area contributed by atoms with Gasteiger partial charge >= 0.3 is 0 Å². The second-order valence-electron chi connectivity index (χ2n) is 6.05. The number of rotatable bonds is 2. The van der Waals surface area contributed by atoms with Crippen LogP contribution in [0.3, 0.4) is 0 Å². The van der Waals surface area contributed by atoms with E-state index in [0.29, 0.717) is 12.1 Å². The zero-order chi connectivity index (χ0) is 15.5. The van der Waals surface area contributed by atoms with Gasteiger partial charge in [-0.25, -0.2) is 0 Å². The first-order valence-electron chi connectivity index (χ1n) is 8.02. The summed E-state index contributed by atoms with van der Waals surface area (Å²) in [6.07, 6.45) is 4.99. The van der Waals surface area contributed by atoms with Crippen LogP contribution in [-0.4, -0.2) is 47.3 Å². The molecular weight excluding hydrogens is 391 g/mol. The normalized spacial score (nSPS) is 22.0. The van der Waals surface area contributed by atoms with Crippen LogP contribution in [-0.2, 0) is 4.79 Å². The fourth-order valence-electron chi connectivity index (χ4n) is 3.34. The molecule has 0 spiro atoms. The van der Waals surface area contributed by atoms with Gasteiger partial charge in [0, 0.05) is 28.8 Å². The van der Waals surface area contributed by atoms with E-state index in [1.165, 1.54) is 0 Å². The van der Waals surface area contributed by atoms with Crippen molar-refractivity contribution >= 4 is 34.4 Å². The van der Waals surface area contributed by atoms with E-state index < -0.39 is 0 Å². The summed E-state index contributed by atoms with van der Waals surface area (Å²) < 4.78 is 1.11. The van der Waals surface area contributed by atoms with E-state index in [-0.39, 0.29) is 17.9 Å². The van der Waals surface area contributed by atoms with Gasteiger partial charge < -0.3 is 9.80 Å². The van der Waals surface area contributed by atoms with Gasteiger partial charge in [-0.15, -0.1) is 0 Å². The summed E-state index contributed by atoms with van der Waals surface area (Å²) in [7, 11) is 0. The Labute approximate surface area is 145 Å². The van der Waals surface area contributed by atoms with Gasteiger partial charge in [-0.1, -0.05) is 0 Å². The summed E-state index contributed by atoms with van der Waals surface area (Å²) >= 11 is 2.23. The number of carbonyl (C=O) groups is 2. The third-order valence-corrected chi connectivity index (χ3v) is 5.28. The van der Waals surface area contributed by atoms with Crippen LogP contribution in [0, 0.1) is 3.57 Å².